The van der Waals surface area contributed by atoms with Crippen LogP contribution >= 0.6 is 0 Å². The fraction of sp³-hybridized carbons (Fsp3) is 0.571. The van der Waals surface area contributed by atoms with Crippen LogP contribution in [0.1, 0.15) is 25.0 Å². The molecule has 0 aliphatic rings. The van der Waals surface area contributed by atoms with E-state index in [9.17, 15) is 0 Å². The summed E-state index contributed by atoms with van der Waals surface area (Å²) in [5.41, 5.74) is 2.18. The largest absolute Gasteiger partial charge is 0.392 e. The van der Waals surface area contributed by atoms with Gasteiger partial charge in [-0.3, -0.25) is 0 Å². The van der Waals surface area contributed by atoms with Crippen molar-refractivity contribution in [1.82, 2.24) is 5.32 Å². The first kappa shape index (κ1) is 14.2. The lowest BCUT2D eigenvalue weighted by Crippen LogP contribution is -2.37. The molecule has 1 aromatic carbocycles. The Kier molecular flexibility index (Phi) is 6.19. The zero-order valence-corrected chi connectivity index (χ0v) is 10.9. The van der Waals surface area contributed by atoms with Gasteiger partial charge in [0.15, 0.2) is 0 Å². The number of benzene rings is 1. The highest BCUT2D eigenvalue weighted by Gasteiger charge is 2.11. The third-order valence-corrected chi connectivity index (χ3v) is 2.92. The van der Waals surface area contributed by atoms with Crippen molar-refractivity contribution in [3.63, 3.8) is 0 Å². The minimum Gasteiger partial charge on any atom is -0.392 e. The van der Waals surface area contributed by atoms with Crippen molar-refractivity contribution < 1.29 is 9.84 Å². The molecule has 0 fully saturated rings. The Morgan fingerprint density at radius 2 is 1.76 bits per heavy atom. The maximum atomic E-state index is 8.96. The van der Waals surface area contributed by atoms with Gasteiger partial charge in [0.2, 0.25) is 0 Å². The van der Waals surface area contributed by atoms with E-state index in [-0.39, 0.29) is 6.61 Å². The molecular formula is C14H23NO2. The number of aliphatic hydroxyl groups excluding tert-OH is 1. The van der Waals surface area contributed by atoms with Crippen molar-refractivity contribution in [3.05, 3.63) is 35.4 Å². The summed E-state index contributed by atoms with van der Waals surface area (Å²) in [7, 11) is 1.73. The molecule has 0 saturated heterocycles. The van der Waals surface area contributed by atoms with Crippen LogP contribution in [0, 0.1) is 5.92 Å². The molecule has 0 aromatic heterocycles. The summed E-state index contributed by atoms with van der Waals surface area (Å²) in [4.78, 5) is 0. The van der Waals surface area contributed by atoms with Crippen molar-refractivity contribution in [2.45, 2.75) is 33.0 Å². The Labute approximate surface area is 104 Å². The Bertz CT molecular complexity index is 309. The lowest BCUT2D eigenvalue weighted by molar-refractivity contribution is 0.146. The van der Waals surface area contributed by atoms with Crippen molar-refractivity contribution in [1.29, 1.82) is 0 Å². The highest BCUT2D eigenvalue weighted by molar-refractivity contribution is 5.21. The molecule has 17 heavy (non-hydrogen) atoms. The van der Waals surface area contributed by atoms with Crippen LogP contribution in [0.15, 0.2) is 24.3 Å². The third-order valence-electron chi connectivity index (χ3n) is 2.92. The van der Waals surface area contributed by atoms with E-state index in [1.807, 2.05) is 24.3 Å². The van der Waals surface area contributed by atoms with E-state index in [0.29, 0.717) is 12.0 Å². The Balaban J connectivity index is 2.47. The predicted molar refractivity (Wildman–Crippen MR) is 69.7 cm³/mol. The van der Waals surface area contributed by atoms with Gasteiger partial charge in [-0.15, -0.1) is 0 Å². The summed E-state index contributed by atoms with van der Waals surface area (Å²) >= 11 is 0. The number of methoxy groups -OCH3 is 1. The molecular weight excluding hydrogens is 214 g/mol. The maximum absolute atomic E-state index is 8.96. The summed E-state index contributed by atoms with van der Waals surface area (Å²) in [5.74, 6) is 0.548. The first-order valence-electron chi connectivity index (χ1n) is 6.08. The van der Waals surface area contributed by atoms with E-state index >= 15 is 0 Å². The molecule has 0 amide bonds. The van der Waals surface area contributed by atoms with E-state index < -0.39 is 0 Å². The Morgan fingerprint density at radius 3 is 2.24 bits per heavy atom. The Hall–Kier alpha value is -0.900. The van der Waals surface area contributed by atoms with Crippen LogP contribution in [-0.2, 0) is 17.9 Å². The molecule has 3 heteroatoms. The summed E-state index contributed by atoms with van der Waals surface area (Å²) < 4.78 is 5.19. The van der Waals surface area contributed by atoms with Crippen molar-refractivity contribution in [3.8, 4) is 0 Å². The van der Waals surface area contributed by atoms with Gasteiger partial charge >= 0.3 is 0 Å². The minimum atomic E-state index is 0.103. The molecule has 1 rings (SSSR count). The number of aliphatic hydroxyl groups is 1. The molecule has 0 spiro atoms. The van der Waals surface area contributed by atoms with Crippen LogP contribution in [0.2, 0.25) is 0 Å². The number of rotatable bonds is 7. The van der Waals surface area contributed by atoms with Gasteiger partial charge in [0.05, 0.1) is 13.2 Å². The molecule has 0 radical (unpaired) electrons. The van der Waals surface area contributed by atoms with Crippen LogP contribution in [0.4, 0.5) is 0 Å². The van der Waals surface area contributed by atoms with Gasteiger partial charge in [0, 0.05) is 19.7 Å². The number of hydrogen-bond acceptors (Lipinski definition) is 3. The van der Waals surface area contributed by atoms with Crippen LogP contribution in [0.5, 0.6) is 0 Å². The summed E-state index contributed by atoms with van der Waals surface area (Å²) in [6, 6.07) is 8.37. The highest BCUT2D eigenvalue weighted by Crippen LogP contribution is 2.07. The molecule has 2 N–H and O–H groups in total. The standard InChI is InChI=1S/C14H23NO2/c1-11(2)14(10-17-3)15-8-12-4-6-13(9-16)7-5-12/h4-7,11,14-16H,8-10H2,1-3H3. The lowest BCUT2D eigenvalue weighted by atomic mass is 10.0. The van der Waals surface area contributed by atoms with Gasteiger partial charge in [-0.05, 0) is 17.0 Å². The molecule has 0 aliphatic carbocycles. The van der Waals surface area contributed by atoms with Crippen molar-refractivity contribution in [2.24, 2.45) is 5.92 Å². The van der Waals surface area contributed by atoms with Gasteiger partial charge in [0.1, 0.15) is 0 Å². The number of ether oxygens (including phenoxy) is 1. The van der Waals surface area contributed by atoms with E-state index in [1.165, 1.54) is 5.56 Å². The number of hydrogen-bond donors (Lipinski definition) is 2. The molecule has 1 atom stereocenters. The molecule has 3 nitrogen and oxygen atoms in total. The highest BCUT2D eigenvalue weighted by atomic mass is 16.5. The van der Waals surface area contributed by atoms with Crippen molar-refractivity contribution in [2.75, 3.05) is 13.7 Å². The van der Waals surface area contributed by atoms with Crippen LogP contribution in [-0.4, -0.2) is 24.9 Å². The normalized spacial score (nSPS) is 13.0. The molecule has 1 aromatic rings. The Morgan fingerprint density at radius 1 is 1.18 bits per heavy atom. The second-order valence-corrected chi connectivity index (χ2v) is 4.66. The first-order chi connectivity index (χ1) is 8.17. The predicted octanol–water partition coefficient (Wildman–Crippen LogP) is 1.94. The van der Waals surface area contributed by atoms with Crippen LogP contribution < -0.4 is 5.32 Å². The monoisotopic (exact) mass is 237 g/mol. The number of nitrogens with one attached hydrogen (secondary N) is 1. The average molecular weight is 237 g/mol. The van der Waals surface area contributed by atoms with Gasteiger partial charge < -0.3 is 15.2 Å². The second-order valence-electron chi connectivity index (χ2n) is 4.66. The smallest absolute Gasteiger partial charge is 0.0681 e. The summed E-state index contributed by atoms with van der Waals surface area (Å²) in [6.45, 7) is 6.04. The fourth-order valence-electron chi connectivity index (χ4n) is 1.68. The fourth-order valence-corrected chi connectivity index (χ4v) is 1.68. The van der Waals surface area contributed by atoms with Gasteiger partial charge in [0.25, 0.3) is 0 Å². The van der Waals surface area contributed by atoms with Gasteiger partial charge in [-0.2, -0.15) is 0 Å². The van der Waals surface area contributed by atoms with Crippen LogP contribution in [0.25, 0.3) is 0 Å². The average Bonchev–Trinajstić information content (AvgIpc) is 2.34. The zero-order valence-electron chi connectivity index (χ0n) is 10.9. The maximum Gasteiger partial charge on any atom is 0.0681 e. The van der Waals surface area contributed by atoms with E-state index in [0.717, 1.165) is 18.7 Å². The van der Waals surface area contributed by atoms with E-state index in [2.05, 4.69) is 19.2 Å². The second kappa shape index (κ2) is 7.43. The first-order valence-corrected chi connectivity index (χ1v) is 6.08. The summed E-state index contributed by atoms with van der Waals surface area (Å²) in [5, 5.41) is 12.4. The third kappa shape index (κ3) is 4.86. The molecule has 0 bridgehead atoms. The molecule has 0 aliphatic heterocycles. The molecule has 96 valence electrons. The molecule has 0 heterocycles. The van der Waals surface area contributed by atoms with E-state index in [1.54, 1.807) is 7.11 Å². The molecule has 0 saturated carbocycles. The van der Waals surface area contributed by atoms with Crippen molar-refractivity contribution >= 4 is 0 Å². The topological polar surface area (TPSA) is 41.5 Å². The van der Waals surface area contributed by atoms with Gasteiger partial charge in [-0.1, -0.05) is 38.1 Å². The van der Waals surface area contributed by atoms with Crippen LogP contribution in [0.3, 0.4) is 0 Å². The summed E-state index contributed by atoms with van der Waals surface area (Å²) in [6.07, 6.45) is 0. The van der Waals surface area contributed by atoms with Gasteiger partial charge in [-0.25, -0.2) is 0 Å². The van der Waals surface area contributed by atoms with E-state index in [4.69, 9.17) is 9.84 Å². The minimum absolute atomic E-state index is 0.103. The lowest BCUT2D eigenvalue weighted by Gasteiger charge is -2.21. The molecule has 1 unspecified atom stereocenters. The SMILES string of the molecule is COCC(NCc1ccc(CO)cc1)C(C)C. The zero-order chi connectivity index (χ0) is 12.7. The quantitative estimate of drug-likeness (QED) is 0.761.